The SMILES string of the molecule is CCCOc1nnc([C@H]2CC[C@H](NC(=O)c3cnc4cc(C)ccc4n3)CO2)o1. The lowest BCUT2D eigenvalue weighted by Crippen LogP contribution is -2.41. The number of nitrogens with zero attached hydrogens (tertiary/aromatic N) is 4. The summed E-state index contributed by atoms with van der Waals surface area (Å²) in [5, 5.41) is 10.8. The molecule has 4 rings (SSSR count). The predicted molar refractivity (Wildman–Crippen MR) is 104 cm³/mol. The van der Waals surface area contributed by atoms with Gasteiger partial charge in [-0.3, -0.25) is 9.78 Å². The number of aromatic nitrogens is 4. The average molecular weight is 397 g/mol. The third kappa shape index (κ3) is 4.51. The molecule has 1 aliphatic rings. The van der Waals surface area contributed by atoms with E-state index in [-0.39, 0.29) is 29.8 Å². The minimum atomic E-state index is -0.293. The molecule has 0 bridgehead atoms. The lowest BCUT2D eigenvalue weighted by molar-refractivity contribution is -0.0190. The second-order valence-electron chi connectivity index (χ2n) is 7.07. The summed E-state index contributed by atoms with van der Waals surface area (Å²) >= 11 is 0. The van der Waals surface area contributed by atoms with Crippen molar-refractivity contribution in [2.45, 2.75) is 45.3 Å². The van der Waals surface area contributed by atoms with Gasteiger partial charge in [-0.1, -0.05) is 18.1 Å². The van der Waals surface area contributed by atoms with Gasteiger partial charge < -0.3 is 19.2 Å². The Morgan fingerprint density at radius 1 is 1.28 bits per heavy atom. The first kappa shape index (κ1) is 19.3. The molecule has 9 heteroatoms. The largest absolute Gasteiger partial charge is 0.449 e. The Bertz CT molecular complexity index is 997. The van der Waals surface area contributed by atoms with Gasteiger partial charge in [0.05, 0.1) is 36.5 Å². The number of amides is 1. The van der Waals surface area contributed by atoms with Crippen molar-refractivity contribution in [3.63, 3.8) is 0 Å². The first-order valence-corrected chi connectivity index (χ1v) is 9.74. The number of carbonyl (C=O) groups excluding carboxylic acids is 1. The fourth-order valence-corrected chi connectivity index (χ4v) is 3.15. The predicted octanol–water partition coefficient (Wildman–Crippen LogP) is 2.76. The number of rotatable bonds is 6. The Kier molecular flexibility index (Phi) is 5.66. The fourth-order valence-electron chi connectivity index (χ4n) is 3.15. The molecule has 0 saturated carbocycles. The lowest BCUT2D eigenvalue weighted by Gasteiger charge is -2.27. The zero-order valence-corrected chi connectivity index (χ0v) is 16.4. The van der Waals surface area contributed by atoms with Crippen LogP contribution in [0.15, 0.2) is 28.8 Å². The highest BCUT2D eigenvalue weighted by Gasteiger charge is 2.28. The van der Waals surface area contributed by atoms with Crippen molar-refractivity contribution in [1.29, 1.82) is 0 Å². The molecule has 0 aliphatic carbocycles. The maximum Gasteiger partial charge on any atom is 0.414 e. The number of fused-ring (bicyclic) bond motifs is 1. The van der Waals surface area contributed by atoms with Crippen molar-refractivity contribution < 1.29 is 18.7 Å². The molecule has 0 spiro atoms. The summed E-state index contributed by atoms with van der Waals surface area (Å²) in [7, 11) is 0. The van der Waals surface area contributed by atoms with Crippen LogP contribution in [0.3, 0.4) is 0 Å². The van der Waals surface area contributed by atoms with Gasteiger partial charge in [0.25, 0.3) is 5.91 Å². The van der Waals surface area contributed by atoms with Crippen LogP contribution in [0, 0.1) is 6.92 Å². The first-order valence-electron chi connectivity index (χ1n) is 9.74. The summed E-state index contributed by atoms with van der Waals surface area (Å²) in [4.78, 5) is 21.3. The van der Waals surface area contributed by atoms with Gasteiger partial charge in [-0.2, -0.15) is 0 Å². The highest BCUT2D eigenvalue weighted by molar-refractivity contribution is 5.94. The van der Waals surface area contributed by atoms with E-state index < -0.39 is 0 Å². The van der Waals surface area contributed by atoms with Crippen LogP contribution in [0.4, 0.5) is 0 Å². The topological polar surface area (TPSA) is 112 Å². The monoisotopic (exact) mass is 397 g/mol. The summed E-state index contributed by atoms with van der Waals surface area (Å²) in [6.45, 7) is 4.87. The van der Waals surface area contributed by atoms with Crippen molar-refractivity contribution in [1.82, 2.24) is 25.5 Å². The molecule has 152 valence electrons. The van der Waals surface area contributed by atoms with Crippen LogP contribution in [0.1, 0.15) is 54.2 Å². The number of ether oxygens (including phenoxy) is 2. The van der Waals surface area contributed by atoms with E-state index in [4.69, 9.17) is 13.9 Å². The van der Waals surface area contributed by atoms with E-state index in [1.807, 2.05) is 32.0 Å². The number of aryl methyl sites for hydroxylation is 1. The van der Waals surface area contributed by atoms with Crippen LogP contribution in [-0.2, 0) is 4.74 Å². The molecule has 9 nitrogen and oxygen atoms in total. The van der Waals surface area contributed by atoms with Crippen LogP contribution in [-0.4, -0.2) is 45.3 Å². The normalized spacial score (nSPS) is 19.2. The second-order valence-corrected chi connectivity index (χ2v) is 7.07. The van der Waals surface area contributed by atoms with Crippen LogP contribution in [0.25, 0.3) is 11.0 Å². The van der Waals surface area contributed by atoms with Gasteiger partial charge in [0.2, 0.25) is 5.89 Å². The van der Waals surface area contributed by atoms with Gasteiger partial charge >= 0.3 is 6.08 Å². The van der Waals surface area contributed by atoms with E-state index in [1.54, 1.807) is 0 Å². The molecule has 2 atom stereocenters. The van der Waals surface area contributed by atoms with Crippen molar-refractivity contribution in [3.05, 3.63) is 41.5 Å². The molecule has 1 aliphatic heterocycles. The second kappa shape index (κ2) is 8.52. The van der Waals surface area contributed by atoms with Crippen LogP contribution >= 0.6 is 0 Å². The summed E-state index contributed by atoms with van der Waals surface area (Å²) in [5.41, 5.74) is 2.86. The lowest BCUT2D eigenvalue weighted by atomic mass is 10.0. The Balaban J connectivity index is 1.33. The fraction of sp³-hybridized carbons (Fsp3) is 0.450. The minimum absolute atomic E-state index is 0.118. The van der Waals surface area contributed by atoms with E-state index >= 15 is 0 Å². The molecular weight excluding hydrogens is 374 g/mol. The standard InChI is InChI=1S/C20H23N5O4/c1-3-8-27-20-25-24-19(29-20)17-7-5-13(11-28-17)22-18(26)16-10-21-15-9-12(2)4-6-14(15)23-16/h4,6,9-10,13,17H,3,5,7-8,11H2,1-2H3,(H,22,26)/t13-,17+/m0/s1. The van der Waals surface area contributed by atoms with Crippen molar-refractivity contribution in [2.75, 3.05) is 13.2 Å². The van der Waals surface area contributed by atoms with Gasteiger partial charge in [-0.05, 0) is 43.9 Å². The summed E-state index contributed by atoms with van der Waals surface area (Å²) < 4.78 is 16.6. The van der Waals surface area contributed by atoms with E-state index in [9.17, 15) is 4.79 Å². The van der Waals surface area contributed by atoms with Crippen molar-refractivity contribution >= 4 is 16.9 Å². The van der Waals surface area contributed by atoms with E-state index in [0.717, 1.165) is 23.9 Å². The molecule has 2 aromatic heterocycles. The van der Waals surface area contributed by atoms with Gasteiger partial charge in [0, 0.05) is 0 Å². The van der Waals surface area contributed by atoms with Crippen LogP contribution in [0.2, 0.25) is 0 Å². The van der Waals surface area contributed by atoms with Gasteiger partial charge in [0.15, 0.2) is 0 Å². The molecule has 1 amide bonds. The van der Waals surface area contributed by atoms with Gasteiger partial charge in [-0.25, -0.2) is 4.98 Å². The minimum Gasteiger partial charge on any atom is -0.449 e. The molecule has 3 aromatic rings. The van der Waals surface area contributed by atoms with E-state index in [2.05, 4.69) is 25.5 Å². The molecule has 29 heavy (non-hydrogen) atoms. The van der Waals surface area contributed by atoms with Crippen molar-refractivity contribution in [2.24, 2.45) is 0 Å². The third-order valence-corrected chi connectivity index (χ3v) is 4.67. The van der Waals surface area contributed by atoms with Gasteiger partial charge in [0.1, 0.15) is 11.8 Å². The van der Waals surface area contributed by atoms with Gasteiger partial charge in [-0.15, -0.1) is 5.10 Å². The Morgan fingerprint density at radius 2 is 2.17 bits per heavy atom. The number of hydrogen-bond acceptors (Lipinski definition) is 8. The molecule has 0 unspecified atom stereocenters. The van der Waals surface area contributed by atoms with Crippen LogP contribution in [0.5, 0.6) is 6.08 Å². The average Bonchev–Trinajstić information content (AvgIpc) is 3.21. The Morgan fingerprint density at radius 3 is 2.97 bits per heavy atom. The summed E-state index contributed by atoms with van der Waals surface area (Å²) in [6.07, 6.45) is 3.61. The van der Waals surface area contributed by atoms with Crippen molar-refractivity contribution in [3.8, 4) is 6.08 Å². The summed E-state index contributed by atoms with van der Waals surface area (Å²) in [6, 6.07) is 5.64. The zero-order valence-electron chi connectivity index (χ0n) is 16.4. The first-order chi connectivity index (χ1) is 14.1. The molecule has 0 radical (unpaired) electrons. The number of benzene rings is 1. The van der Waals surface area contributed by atoms with E-state index in [0.29, 0.717) is 31.0 Å². The Hall–Kier alpha value is -3.07. The molecule has 1 aromatic carbocycles. The van der Waals surface area contributed by atoms with E-state index in [1.165, 1.54) is 6.20 Å². The quantitative estimate of drug-likeness (QED) is 0.676. The molecule has 1 fully saturated rings. The highest BCUT2D eigenvalue weighted by Crippen LogP contribution is 2.28. The number of nitrogens with one attached hydrogen (secondary N) is 1. The van der Waals surface area contributed by atoms with Crippen LogP contribution < -0.4 is 10.1 Å². The number of carbonyl (C=O) groups is 1. The zero-order chi connectivity index (χ0) is 20.2. The number of hydrogen-bond donors (Lipinski definition) is 1. The Labute approximate surface area is 167 Å². The third-order valence-electron chi connectivity index (χ3n) is 4.67. The molecule has 1 saturated heterocycles. The molecular formula is C20H23N5O4. The maximum absolute atomic E-state index is 12.6. The molecule has 1 N–H and O–H groups in total. The maximum atomic E-state index is 12.6. The molecule has 3 heterocycles. The smallest absolute Gasteiger partial charge is 0.414 e. The summed E-state index contributed by atoms with van der Waals surface area (Å²) in [5.74, 6) is 0.136. The highest BCUT2D eigenvalue weighted by atomic mass is 16.6.